The van der Waals surface area contributed by atoms with Gasteiger partial charge in [-0.15, -0.1) is 0 Å². The molecular formula is C33H35N3O6. The van der Waals surface area contributed by atoms with Gasteiger partial charge in [0.1, 0.15) is 5.75 Å². The second kappa shape index (κ2) is 12.2. The van der Waals surface area contributed by atoms with Crippen LogP contribution in [0, 0.1) is 5.92 Å². The SMILES string of the molecule is COc1ccc(C(=O)Nc2ccc3c(c2)[C@@](O)([C@H](C)/C=C/CC(=O)N2CCC[C@H]2CO)C(=O)N3c2ccccc2)cc1. The van der Waals surface area contributed by atoms with E-state index in [4.69, 9.17) is 4.74 Å². The van der Waals surface area contributed by atoms with Crippen molar-refractivity contribution >= 4 is 34.8 Å². The molecule has 3 N–H and O–H groups in total. The monoisotopic (exact) mass is 569 g/mol. The van der Waals surface area contributed by atoms with E-state index in [-0.39, 0.29) is 30.9 Å². The third-order valence-electron chi connectivity index (χ3n) is 8.09. The molecule has 2 aliphatic heterocycles. The maximum Gasteiger partial charge on any atom is 0.268 e. The van der Waals surface area contributed by atoms with Gasteiger partial charge >= 0.3 is 0 Å². The number of likely N-dealkylation sites (tertiary alicyclic amines) is 1. The normalized spacial score (nSPS) is 20.6. The van der Waals surface area contributed by atoms with E-state index in [1.54, 1.807) is 85.7 Å². The standard InChI is InChI=1S/C33H35N3O6/c1-22(8-6-12-30(38)35-19-7-11-26(35)21-37)33(41)28-20-24(34-31(39)23-13-16-27(42-2)17-14-23)15-18-29(28)36(32(33)40)25-9-4-3-5-10-25/h3-6,8-10,13-18,20,22,26,37,41H,7,11-12,19,21H2,1-2H3,(H,34,39)/b8-6+/t22-,26+,33+/m1/s1. The first-order chi connectivity index (χ1) is 20.3. The fraction of sp³-hybridized carbons (Fsp3) is 0.303. The number of amides is 3. The van der Waals surface area contributed by atoms with Crippen molar-refractivity contribution in [1.82, 2.24) is 4.90 Å². The van der Waals surface area contributed by atoms with Crippen molar-refractivity contribution < 1.29 is 29.3 Å². The Morgan fingerprint density at radius 3 is 2.55 bits per heavy atom. The fourth-order valence-electron chi connectivity index (χ4n) is 5.71. The minimum Gasteiger partial charge on any atom is -0.497 e. The molecule has 0 aliphatic carbocycles. The summed E-state index contributed by atoms with van der Waals surface area (Å²) in [6, 6.07) is 20.6. The van der Waals surface area contributed by atoms with Gasteiger partial charge in [0, 0.05) is 41.4 Å². The number of carbonyl (C=O) groups is 3. The third kappa shape index (κ3) is 5.41. The molecule has 0 saturated carbocycles. The summed E-state index contributed by atoms with van der Waals surface area (Å²) in [6.07, 6.45) is 5.08. The molecule has 0 bridgehead atoms. The van der Waals surface area contributed by atoms with Crippen molar-refractivity contribution in [2.75, 3.05) is 30.5 Å². The Labute approximate surface area is 245 Å². The van der Waals surface area contributed by atoms with Gasteiger partial charge in [0.2, 0.25) is 5.91 Å². The summed E-state index contributed by atoms with van der Waals surface area (Å²) >= 11 is 0. The average Bonchev–Trinajstić information content (AvgIpc) is 3.59. The molecule has 2 heterocycles. The highest BCUT2D eigenvalue weighted by Crippen LogP contribution is 2.49. The lowest BCUT2D eigenvalue weighted by molar-refractivity contribution is -0.138. The second-order valence-corrected chi connectivity index (χ2v) is 10.6. The number of hydrogen-bond acceptors (Lipinski definition) is 6. The molecule has 9 heteroatoms. The number of aliphatic hydroxyl groups is 2. The zero-order chi connectivity index (χ0) is 29.9. The van der Waals surface area contributed by atoms with Crippen molar-refractivity contribution in [3.05, 3.63) is 96.1 Å². The number of ether oxygens (including phenoxy) is 1. The van der Waals surface area contributed by atoms with E-state index in [1.807, 2.05) is 18.2 Å². The quantitative estimate of drug-likeness (QED) is 0.329. The summed E-state index contributed by atoms with van der Waals surface area (Å²) in [7, 11) is 1.55. The van der Waals surface area contributed by atoms with Crippen molar-refractivity contribution in [2.24, 2.45) is 5.92 Å². The lowest BCUT2D eigenvalue weighted by Gasteiger charge is -2.28. The molecule has 42 heavy (non-hydrogen) atoms. The smallest absolute Gasteiger partial charge is 0.268 e. The Morgan fingerprint density at radius 1 is 1.12 bits per heavy atom. The average molecular weight is 570 g/mol. The Hall–Kier alpha value is -4.47. The molecule has 0 spiro atoms. The maximum atomic E-state index is 14.0. The number of nitrogens with zero attached hydrogens (tertiary/aromatic N) is 2. The largest absolute Gasteiger partial charge is 0.497 e. The fourth-order valence-corrected chi connectivity index (χ4v) is 5.71. The summed E-state index contributed by atoms with van der Waals surface area (Å²) in [5.41, 5.74) is 0.363. The number of benzene rings is 3. The Bertz CT molecular complexity index is 1490. The first-order valence-corrected chi connectivity index (χ1v) is 14.1. The van der Waals surface area contributed by atoms with Gasteiger partial charge in [0.05, 0.1) is 25.4 Å². The number of nitrogens with one attached hydrogen (secondary N) is 1. The highest BCUT2D eigenvalue weighted by atomic mass is 16.5. The molecule has 218 valence electrons. The minimum atomic E-state index is -1.95. The van der Waals surface area contributed by atoms with E-state index in [0.717, 1.165) is 12.8 Å². The Morgan fingerprint density at radius 2 is 1.86 bits per heavy atom. The molecule has 2 aliphatic rings. The van der Waals surface area contributed by atoms with E-state index >= 15 is 0 Å². The zero-order valence-electron chi connectivity index (χ0n) is 23.7. The summed E-state index contributed by atoms with van der Waals surface area (Å²) < 4.78 is 5.16. The highest BCUT2D eigenvalue weighted by Gasteiger charge is 2.53. The molecule has 0 aromatic heterocycles. The van der Waals surface area contributed by atoms with Crippen LogP contribution in [0.4, 0.5) is 17.1 Å². The van der Waals surface area contributed by atoms with Crippen LogP contribution in [0.2, 0.25) is 0 Å². The van der Waals surface area contributed by atoms with Crippen LogP contribution in [-0.4, -0.2) is 59.1 Å². The van der Waals surface area contributed by atoms with Crippen LogP contribution in [0.5, 0.6) is 5.75 Å². The number of methoxy groups -OCH3 is 1. The van der Waals surface area contributed by atoms with Crippen LogP contribution >= 0.6 is 0 Å². The summed E-state index contributed by atoms with van der Waals surface area (Å²) in [6.45, 7) is 2.27. The highest BCUT2D eigenvalue weighted by molar-refractivity contribution is 6.13. The van der Waals surface area contributed by atoms with Crippen molar-refractivity contribution in [1.29, 1.82) is 0 Å². The topological polar surface area (TPSA) is 119 Å². The van der Waals surface area contributed by atoms with Gasteiger partial charge in [-0.3, -0.25) is 19.3 Å². The van der Waals surface area contributed by atoms with Gasteiger partial charge in [-0.2, -0.15) is 0 Å². The maximum absolute atomic E-state index is 14.0. The van der Waals surface area contributed by atoms with E-state index in [2.05, 4.69) is 5.32 Å². The Balaban J connectivity index is 1.43. The summed E-state index contributed by atoms with van der Waals surface area (Å²) in [5.74, 6) is -1.05. The molecule has 3 aromatic rings. The Kier molecular flexibility index (Phi) is 8.42. The van der Waals surface area contributed by atoms with Crippen molar-refractivity contribution in [3.8, 4) is 5.75 Å². The van der Waals surface area contributed by atoms with Crippen molar-refractivity contribution in [2.45, 2.75) is 37.8 Å². The van der Waals surface area contributed by atoms with Crippen LogP contribution in [0.3, 0.4) is 0 Å². The van der Waals surface area contributed by atoms with Gasteiger partial charge in [-0.05, 0) is 67.4 Å². The molecule has 3 atom stereocenters. The van der Waals surface area contributed by atoms with Crippen LogP contribution in [0.1, 0.15) is 42.1 Å². The lowest BCUT2D eigenvalue weighted by Crippen LogP contribution is -2.42. The van der Waals surface area contributed by atoms with Crippen molar-refractivity contribution in [3.63, 3.8) is 0 Å². The predicted molar refractivity (Wildman–Crippen MR) is 160 cm³/mol. The number of fused-ring (bicyclic) bond motifs is 1. The third-order valence-corrected chi connectivity index (χ3v) is 8.09. The van der Waals surface area contributed by atoms with Gasteiger partial charge in [-0.25, -0.2) is 0 Å². The van der Waals surface area contributed by atoms with Crippen LogP contribution in [0.25, 0.3) is 0 Å². The van der Waals surface area contributed by atoms with Gasteiger partial charge in [0.25, 0.3) is 11.8 Å². The first kappa shape index (κ1) is 29.0. The summed E-state index contributed by atoms with van der Waals surface area (Å²) in [4.78, 5) is 42.9. The molecule has 3 amide bonds. The molecule has 1 saturated heterocycles. The number of anilines is 3. The van der Waals surface area contributed by atoms with Gasteiger partial charge in [0.15, 0.2) is 5.60 Å². The molecule has 1 fully saturated rings. The summed E-state index contributed by atoms with van der Waals surface area (Å²) in [5, 5.41) is 24.5. The van der Waals surface area contributed by atoms with Gasteiger partial charge < -0.3 is 25.2 Å². The van der Waals surface area contributed by atoms with Crippen LogP contribution in [-0.2, 0) is 15.2 Å². The van der Waals surface area contributed by atoms with Crippen LogP contribution < -0.4 is 15.0 Å². The molecule has 5 rings (SSSR count). The first-order valence-electron chi connectivity index (χ1n) is 14.1. The van der Waals surface area contributed by atoms with Crippen LogP contribution in [0.15, 0.2) is 84.9 Å². The number of carbonyl (C=O) groups excluding carboxylic acids is 3. The molecule has 3 aromatic carbocycles. The van der Waals surface area contributed by atoms with E-state index in [0.29, 0.717) is 40.5 Å². The van der Waals surface area contributed by atoms with E-state index < -0.39 is 17.4 Å². The number of para-hydroxylation sites is 1. The van der Waals surface area contributed by atoms with Gasteiger partial charge in [-0.1, -0.05) is 37.3 Å². The lowest BCUT2D eigenvalue weighted by atomic mass is 9.82. The molecular weight excluding hydrogens is 534 g/mol. The molecule has 9 nitrogen and oxygen atoms in total. The zero-order valence-corrected chi connectivity index (χ0v) is 23.7. The molecule has 0 radical (unpaired) electrons. The second-order valence-electron chi connectivity index (χ2n) is 10.6. The van der Waals surface area contributed by atoms with E-state index in [1.165, 1.54) is 4.90 Å². The predicted octanol–water partition coefficient (Wildman–Crippen LogP) is 4.38. The number of rotatable bonds is 9. The molecule has 0 unspecified atom stereocenters. The minimum absolute atomic E-state index is 0.0659. The number of hydrogen-bond donors (Lipinski definition) is 3. The van der Waals surface area contributed by atoms with E-state index in [9.17, 15) is 24.6 Å². The number of aliphatic hydroxyl groups excluding tert-OH is 1.